The molecular formula is C22H21ClN6O3S. The lowest BCUT2D eigenvalue weighted by atomic mass is 10.2. The van der Waals surface area contributed by atoms with E-state index in [1.807, 2.05) is 47.9 Å². The second kappa shape index (κ2) is 10.5. The van der Waals surface area contributed by atoms with Gasteiger partial charge in [-0.15, -0.1) is 10.2 Å². The van der Waals surface area contributed by atoms with Gasteiger partial charge in [0.1, 0.15) is 5.75 Å². The Kier molecular flexibility index (Phi) is 7.26. The first-order valence-corrected chi connectivity index (χ1v) is 11.5. The summed E-state index contributed by atoms with van der Waals surface area (Å²) in [4.78, 5) is 16.7. The van der Waals surface area contributed by atoms with Crippen molar-refractivity contribution in [2.24, 2.45) is 0 Å². The van der Waals surface area contributed by atoms with Gasteiger partial charge in [-0.1, -0.05) is 40.7 Å². The Hall–Kier alpha value is -3.37. The Morgan fingerprint density at radius 2 is 1.91 bits per heavy atom. The maximum atomic E-state index is 12.3. The summed E-state index contributed by atoms with van der Waals surface area (Å²) < 4.78 is 12.4. The van der Waals surface area contributed by atoms with Gasteiger partial charge in [-0.2, -0.15) is 4.98 Å². The second-order valence-electron chi connectivity index (χ2n) is 6.89. The van der Waals surface area contributed by atoms with E-state index in [-0.39, 0.29) is 17.6 Å². The fourth-order valence-electron chi connectivity index (χ4n) is 2.99. The van der Waals surface area contributed by atoms with E-state index >= 15 is 0 Å². The van der Waals surface area contributed by atoms with Crippen molar-refractivity contribution in [1.82, 2.24) is 30.2 Å². The molecule has 0 saturated heterocycles. The molecule has 2 aromatic heterocycles. The van der Waals surface area contributed by atoms with E-state index < -0.39 is 0 Å². The van der Waals surface area contributed by atoms with Crippen LogP contribution >= 0.6 is 23.4 Å². The van der Waals surface area contributed by atoms with Gasteiger partial charge in [-0.05, 0) is 48.9 Å². The number of carbonyl (C=O) groups is 1. The topological polar surface area (TPSA) is 108 Å². The first-order chi connectivity index (χ1) is 16.1. The van der Waals surface area contributed by atoms with Crippen molar-refractivity contribution in [2.45, 2.75) is 25.2 Å². The number of amides is 1. The first kappa shape index (κ1) is 22.8. The van der Waals surface area contributed by atoms with Crippen LogP contribution in [-0.2, 0) is 17.9 Å². The van der Waals surface area contributed by atoms with E-state index in [0.29, 0.717) is 34.9 Å². The van der Waals surface area contributed by atoms with Crippen LogP contribution in [-0.4, -0.2) is 43.7 Å². The molecule has 0 unspecified atom stereocenters. The minimum Gasteiger partial charge on any atom is -0.497 e. The van der Waals surface area contributed by atoms with Crippen molar-refractivity contribution in [3.63, 3.8) is 0 Å². The lowest BCUT2D eigenvalue weighted by Crippen LogP contribution is -2.24. The molecule has 0 aliphatic rings. The number of nitrogens with one attached hydrogen (secondary N) is 1. The van der Waals surface area contributed by atoms with Crippen molar-refractivity contribution in [3.05, 3.63) is 59.1 Å². The average Bonchev–Trinajstić information content (AvgIpc) is 3.49. The number of rotatable bonds is 9. The van der Waals surface area contributed by atoms with E-state index in [1.54, 1.807) is 19.2 Å². The first-order valence-electron chi connectivity index (χ1n) is 10.1. The fraction of sp³-hybridized carbons (Fsp3) is 0.227. The number of carbonyl (C=O) groups excluding carboxylic acids is 1. The van der Waals surface area contributed by atoms with Crippen LogP contribution in [0.1, 0.15) is 12.5 Å². The third-order valence-electron chi connectivity index (χ3n) is 4.73. The van der Waals surface area contributed by atoms with Crippen LogP contribution in [0.2, 0.25) is 5.02 Å². The molecule has 0 bridgehead atoms. The van der Waals surface area contributed by atoms with Gasteiger partial charge in [0, 0.05) is 23.7 Å². The molecule has 170 valence electrons. The zero-order chi connectivity index (χ0) is 23.2. The Bertz CT molecular complexity index is 1220. The number of aromatic nitrogens is 5. The van der Waals surface area contributed by atoms with Gasteiger partial charge in [0.05, 0.1) is 12.9 Å². The summed E-state index contributed by atoms with van der Waals surface area (Å²) in [5.41, 5.74) is 1.76. The minimum atomic E-state index is -0.110. The quantitative estimate of drug-likeness (QED) is 0.354. The number of ether oxygens (including phenoxy) is 1. The van der Waals surface area contributed by atoms with E-state index in [4.69, 9.17) is 20.9 Å². The molecule has 9 nitrogen and oxygen atoms in total. The molecule has 0 saturated carbocycles. The maximum absolute atomic E-state index is 12.3. The molecule has 0 aliphatic heterocycles. The van der Waals surface area contributed by atoms with Gasteiger partial charge in [-0.3, -0.25) is 9.36 Å². The highest BCUT2D eigenvalue weighted by atomic mass is 35.5. The lowest BCUT2D eigenvalue weighted by Gasteiger charge is -2.06. The molecule has 0 atom stereocenters. The monoisotopic (exact) mass is 484 g/mol. The van der Waals surface area contributed by atoms with E-state index in [2.05, 4.69) is 25.7 Å². The second-order valence-corrected chi connectivity index (χ2v) is 8.27. The summed E-state index contributed by atoms with van der Waals surface area (Å²) >= 11 is 7.18. The number of hydrogen-bond acceptors (Lipinski definition) is 8. The largest absolute Gasteiger partial charge is 0.497 e. The lowest BCUT2D eigenvalue weighted by molar-refractivity contribution is -0.118. The zero-order valence-electron chi connectivity index (χ0n) is 18.0. The highest BCUT2D eigenvalue weighted by Crippen LogP contribution is 2.26. The van der Waals surface area contributed by atoms with E-state index in [9.17, 15) is 4.79 Å². The predicted octanol–water partition coefficient (Wildman–Crippen LogP) is 4.09. The van der Waals surface area contributed by atoms with Crippen molar-refractivity contribution in [2.75, 3.05) is 12.9 Å². The zero-order valence-corrected chi connectivity index (χ0v) is 19.6. The van der Waals surface area contributed by atoms with Gasteiger partial charge in [0.25, 0.3) is 5.89 Å². The molecule has 33 heavy (non-hydrogen) atoms. The van der Waals surface area contributed by atoms with Crippen LogP contribution in [0.4, 0.5) is 0 Å². The number of thioether (sulfide) groups is 1. The third kappa shape index (κ3) is 5.52. The smallest absolute Gasteiger partial charge is 0.296 e. The number of nitrogens with zero attached hydrogens (tertiary/aromatic N) is 5. The fourth-order valence-corrected chi connectivity index (χ4v) is 3.95. The van der Waals surface area contributed by atoms with Gasteiger partial charge in [0.15, 0.2) is 5.16 Å². The summed E-state index contributed by atoms with van der Waals surface area (Å²) in [7, 11) is 1.61. The Morgan fingerprint density at radius 3 is 2.61 bits per heavy atom. The SMILES string of the molecule is CCn1c(SCC(=O)NCc2ccc(Cl)cc2)nnc1-c1nc(-c2ccc(OC)cc2)no1. The van der Waals surface area contributed by atoms with Crippen LogP contribution in [0.25, 0.3) is 23.1 Å². The van der Waals surface area contributed by atoms with Gasteiger partial charge in [0.2, 0.25) is 17.6 Å². The molecule has 0 spiro atoms. The molecule has 1 amide bonds. The van der Waals surface area contributed by atoms with Gasteiger partial charge >= 0.3 is 0 Å². The highest BCUT2D eigenvalue weighted by molar-refractivity contribution is 7.99. The van der Waals surface area contributed by atoms with Gasteiger partial charge < -0.3 is 14.6 Å². The van der Waals surface area contributed by atoms with Crippen molar-refractivity contribution < 1.29 is 14.1 Å². The van der Waals surface area contributed by atoms with Crippen LogP contribution in [0, 0.1) is 0 Å². The Labute approximate surface area is 199 Å². The molecule has 1 N–H and O–H groups in total. The number of methoxy groups -OCH3 is 1. The molecule has 0 radical (unpaired) electrons. The number of benzene rings is 2. The summed E-state index contributed by atoms with van der Waals surface area (Å²) in [6.07, 6.45) is 0. The number of hydrogen-bond donors (Lipinski definition) is 1. The van der Waals surface area contributed by atoms with Crippen LogP contribution in [0.5, 0.6) is 5.75 Å². The van der Waals surface area contributed by atoms with E-state index in [0.717, 1.165) is 16.9 Å². The molecule has 4 rings (SSSR count). The average molecular weight is 485 g/mol. The molecular weight excluding hydrogens is 464 g/mol. The summed E-state index contributed by atoms with van der Waals surface area (Å²) in [6, 6.07) is 14.7. The number of halogens is 1. The third-order valence-corrected chi connectivity index (χ3v) is 5.95. The standard InChI is InChI=1S/C22H21ClN6O3S/c1-3-29-20(21-25-19(28-32-21)15-6-10-17(31-2)11-7-15)26-27-22(29)33-13-18(30)24-12-14-4-8-16(23)9-5-14/h4-11H,3,12-13H2,1-2H3,(H,24,30). The minimum absolute atomic E-state index is 0.110. The molecule has 4 aromatic rings. The predicted molar refractivity (Wildman–Crippen MR) is 125 cm³/mol. The van der Waals surface area contributed by atoms with Crippen molar-refractivity contribution in [1.29, 1.82) is 0 Å². The molecule has 0 aliphatic carbocycles. The van der Waals surface area contributed by atoms with Crippen LogP contribution in [0.3, 0.4) is 0 Å². The Balaban J connectivity index is 1.40. The van der Waals surface area contributed by atoms with E-state index in [1.165, 1.54) is 11.8 Å². The maximum Gasteiger partial charge on any atom is 0.296 e. The van der Waals surface area contributed by atoms with Crippen LogP contribution < -0.4 is 10.1 Å². The summed E-state index contributed by atoms with van der Waals surface area (Å²) in [5.74, 6) is 1.98. The molecule has 11 heteroatoms. The highest BCUT2D eigenvalue weighted by Gasteiger charge is 2.20. The summed E-state index contributed by atoms with van der Waals surface area (Å²) in [5, 5.41) is 16.6. The molecule has 2 heterocycles. The summed E-state index contributed by atoms with van der Waals surface area (Å²) in [6.45, 7) is 2.97. The molecule has 2 aromatic carbocycles. The van der Waals surface area contributed by atoms with Crippen molar-refractivity contribution >= 4 is 29.3 Å². The van der Waals surface area contributed by atoms with Gasteiger partial charge in [-0.25, -0.2) is 0 Å². The van der Waals surface area contributed by atoms with Crippen molar-refractivity contribution in [3.8, 4) is 28.9 Å². The van der Waals surface area contributed by atoms with Crippen LogP contribution in [0.15, 0.2) is 58.2 Å². The normalized spacial score (nSPS) is 10.9. The Morgan fingerprint density at radius 1 is 1.15 bits per heavy atom. The molecule has 0 fully saturated rings.